The standard InChI is InChI=1S/C18H22N8O2S/c1-3-16(27)20-4-9-28-17-22-14(23-18-21-12-13(11-19)29-18)10-15(24-17)26-7-5-25(2)6-8-26/h3,10,12H,1,4-9H2,2H3,(H,20,27)(H,21,22,23,24). The number of carbonyl (C=O) groups excluding carboxylic acids is 1. The molecule has 0 spiro atoms. The average molecular weight is 414 g/mol. The van der Waals surface area contributed by atoms with Gasteiger partial charge in [-0.2, -0.15) is 15.2 Å². The number of nitriles is 1. The van der Waals surface area contributed by atoms with E-state index in [1.54, 1.807) is 0 Å². The second-order valence-electron chi connectivity index (χ2n) is 6.29. The monoisotopic (exact) mass is 414 g/mol. The van der Waals surface area contributed by atoms with Gasteiger partial charge in [0.2, 0.25) is 5.91 Å². The molecule has 152 valence electrons. The van der Waals surface area contributed by atoms with Crippen LogP contribution in [-0.4, -0.2) is 72.1 Å². The van der Waals surface area contributed by atoms with Crippen LogP contribution >= 0.6 is 11.3 Å². The number of hydrogen-bond donors (Lipinski definition) is 2. The fourth-order valence-corrected chi connectivity index (χ4v) is 3.24. The number of anilines is 3. The Hall–Kier alpha value is -3.23. The van der Waals surface area contributed by atoms with E-state index in [4.69, 9.17) is 10.00 Å². The number of nitrogens with one attached hydrogen (secondary N) is 2. The smallest absolute Gasteiger partial charge is 0.320 e. The molecule has 0 saturated carbocycles. The lowest BCUT2D eigenvalue weighted by Crippen LogP contribution is -2.44. The summed E-state index contributed by atoms with van der Waals surface area (Å²) in [5, 5.41) is 15.3. The minimum Gasteiger partial charge on any atom is -0.461 e. The largest absolute Gasteiger partial charge is 0.461 e. The van der Waals surface area contributed by atoms with Crippen molar-refractivity contribution in [3.63, 3.8) is 0 Å². The number of hydrogen-bond acceptors (Lipinski definition) is 10. The number of nitrogens with zero attached hydrogens (tertiary/aromatic N) is 6. The van der Waals surface area contributed by atoms with E-state index in [9.17, 15) is 4.79 Å². The van der Waals surface area contributed by atoms with Crippen LogP contribution in [0.4, 0.5) is 16.8 Å². The Labute approximate surface area is 172 Å². The predicted octanol–water partition coefficient (Wildman–Crippen LogP) is 0.981. The highest BCUT2D eigenvalue weighted by Gasteiger charge is 2.18. The molecule has 10 nitrogen and oxygen atoms in total. The van der Waals surface area contributed by atoms with Gasteiger partial charge in [0, 0.05) is 32.2 Å². The number of carbonyl (C=O) groups is 1. The van der Waals surface area contributed by atoms with Crippen molar-refractivity contribution in [3.05, 3.63) is 29.8 Å². The van der Waals surface area contributed by atoms with E-state index in [0.29, 0.717) is 22.4 Å². The van der Waals surface area contributed by atoms with Gasteiger partial charge in [-0.1, -0.05) is 17.9 Å². The molecule has 1 fully saturated rings. The molecule has 1 aliphatic rings. The van der Waals surface area contributed by atoms with Gasteiger partial charge in [-0.25, -0.2) is 4.98 Å². The quantitative estimate of drug-likeness (QED) is 0.481. The fourth-order valence-electron chi connectivity index (χ4n) is 2.62. The van der Waals surface area contributed by atoms with Crippen LogP contribution in [0.15, 0.2) is 24.9 Å². The molecule has 1 saturated heterocycles. The Kier molecular flexibility index (Phi) is 6.94. The van der Waals surface area contributed by atoms with Crippen molar-refractivity contribution in [1.82, 2.24) is 25.2 Å². The van der Waals surface area contributed by atoms with Crippen molar-refractivity contribution in [2.45, 2.75) is 0 Å². The van der Waals surface area contributed by atoms with Crippen molar-refractivity contribution in [2.75, 3.05) is 56.6 Å². The summed E-state index contributed by atoms with van der Waals surface area (Å²) < 4.78 is 5.64. The molecule has 11 heteroatoms. The van der Waals surface area contributed by atoms with Crippen LogP contribution in [0.5, 0.6) is 6.01 Å². The summed E-state index contributed by atoms with van der Waals surface area (Å²) in [5.41, 5.74) is 0. The Morgan fingerprint density at radius 1 is 1.41 bits per heavy atom. The molecule has 0 aliphatic carbocycles. The van der Waals surface area contributed by atoms with Gasteiger partial charge in [0.05, 0.1) is 12.7 Å². The maximum atomic E-state index is 11.2. The molecule has 0 atom stereocenters. The summed E-state index contributed by atoms with van der Waals surface area (Å²) in [6, 6.07) is 4.11. The van der Waals surface area contributed by atoms with Crippen molar-refractivity contribution in [3.8, 4) is 12.1 Å². The van der Waals surface area contributed by atoms with Gasteiger partial charge in [-0.05, 0) is 13.1 Å². The molecule has 0 radical (unpaired) electrons. The van der Waals surface area contributed by atoms with E-state index in [1.165, 1.54) is 23.6 Å². The van der Waals surface area contributed by atoms with Crippen LogP contribution in [0.3, 0.4) is 0 Å². The van der Waals surface area contributed by atoms with Crippen LogP contribution in [0, 0.1) is 11.3 Å². The lowest BCUT2D eigenvalue weighted by atomic mass is 10.3. The second kappa shape index (κ2) is 9.81. The van der Waals surface area contributed by atoms with Gasteiger partial charge in [-0.15, -0.1) is 0 Å². The number of ether oxygens (including phenoxy) is 1. The van der Waals surface area contributed by atoms with Gasteiger partial charge in [-0.3, -0.25) is 4.79 Å². The Morgan fingerprint density at radius 2 is 2.21 bits per heavy atom. The third-order valence-electron chi connectivity index (χ3n) is 4.19. The van der Waals surface area contributed by atoms with Gasteiger partial charge < -0.3 is 25.2 Å². The third-order valence-corrected chi connectivity index (χ3v) is 5.01. The van der Waals surface area contributed by atoms with Crippen molar-refractivity contribution in [1.29, 1.82) is 5.26 Å². The number of aromatic nitrogens is 3. The number of piperazine rings is 1. The summed E-state index contributed by atoms with van der Waals surface area (Å²) >= 11 is 1.24. The molecule has 3 heterocycles. The number of amides is 1. The highest BCUT2D eigenvalue weighted by atomic mass is 32.1. The first-order chi connectivity index (χ1) is 14.1. The van der Waals surface area contributed by atoms with Crippen molar-refractivity contribution < 1.29 is 9.53 Å². The summed E-state index contributed by atoms with van der Waals surface area (Å²) in [6.45, 7) is 7.51. The molecule has 2 N–H and O–H groups in total. The fraction of sp³-hybridized carbons (Fsp3) is 0.389. The summed E-state index contributed by atoms with van der Waals surface area (Å²) in [7, 11) is 2.09. The van der Waals surface area contributed by atoms with Crippen LogP contribution in [0.25, 0.3) is 0 Å². The molecule has 0 bridgehead atoms. The maximum Gasteiger partial charge on any atom is 0.320 e. The molecule has 1 aliphatic heterocycles. The Bertz CT molecular complexity index is 902. The lowest BCUT2D eigenvalue weighted by molar-refractivity contribution is -0.116. The zero-order valence-corrected chi connectivity index (χ0v) is 16.9. The SMILES string of the molecule is C=CC(=O)NCCOc1nc(Nc2ncc(C#N)s2)cc(N2CCN(C)CC2)n1. The van der Waals surface area contributed by atoms with E-state index in [1.807, 2.05) is 6.07 Å². The number of likely N-dealkylation sites (N-methyl/N-ethyl adjacent to an activating group) is 1. The van der Waals surface area contributed by atoms with Crippen molar-refractivity contribution >= 4 is 34.0 Å². The molecule has 2 aromatic heterocycles. The summed E-state index contributed by atoms with van der Waals surface area (Å²) in [5.74, 6) is 1.01. The molecule has 3 rings (SSSR count). The van der Waals surface area contributed by atoms with Crippen LogP contribution in [0.1, 0.15) is 4.88 Å². The Morgan fingerprint density at radius 3 is 2.90 bits per heavy atom. The zero-order chi connectivity index (χ0) is 20.6. The molecule has 0 unspecified atom stereocenters. The topological polar surface area (TPSA) is 119 Å². The van der Waals surface area contributed by atoms with Gasteiger partial charge in [0.1, 0.15) is 29.2 Å². The molecule has 0 aromatic carbocycles. The first kappa shape index (κ1) is 20.5. The normalized spacial score (nSPS) is 14.1. The van der Waals surface area contributed by atoms with Crippen LogP contribution in [-0.2, 0) is 4.79 Å². The van der Waals surface area contributed by atoms with Gasteiger partial charge in [0.15, 0.2) is 5.13 Å². The summed E-state index contributed by atoms with van der Waals surface area (Å²) in [6.07, 6.45) is 2.71. The average Bonchev–Trinajstić information content (AvgIpc) is 3.19. The first-order valence-corrected chi connectivity index (χ1v) is 9.87. The van der Waals surface area contributed by atoms with E-state index in [-0.39, 0.29) is 18.5 Å². The molecule has 29 heavy (non-hydrogen) atoms. The highest BCUT2D eigenvalue weighted by molar-refractivity contribution is 7.16. The first-order valence-electron chi connectivity index (χ1n) is 9.06. The van der Waals surface area contributed by atoms with E-state index in [0.717, 1.165) is 32.0 Å². The predicted molar refractivity (Wildman–Crippen MR) is 111 cm³/mol. The minimum atomic E-state index is -0.264. The molecule has 2 aromatic rings. The lowest BCUT2D eigenvalue weighted by Gasteiger charge is -2.33. The van der Waals surface area contributed by atoms with E-state index < -0.39 is 0 Å². The van der Waals surface area contributed by atoms with Gasteiger partial charge in [0.25, 0.3) is 0 Å². The van der Waals surface area contributed by atoms with Crippen LogP contribution < -0.4 is 20.3 Å². The Balaban J connectivity index is 1.74. The maximum absolute atomic E-state index is 11.2. The van der Waals surface area contributed by atoms with Crippen LogP contribution in [0.2, 0.25) is 0 Å². The van der Waals surface area contributed by atoms with E-state index >= 15 is 0 Å². The van der Waals surface area contributed by atoms with Crippen molar-refractivity contribution in [2.24, 2.45) is 0 Å². The minimum absolute atomic E-state index is 0.203. The second-order valence-corrected chi connectivity index (χ2v) is 7.33. The third kappa shape index (κ3) is 5.87. The summed E-state index contributed by atoms with van der Waals surface area (Å²) in [4.78, 5) is 29.2. The molecular weight excluding hydrogens is 392 g/mol. The number of rotatable bonds is 8. The highest BCUT2D eigenvalue weighted by Crippen LogP contribution is 2.25. The van der Waals surface area contributed by atoms with E-state index in [2.05, 4.69) is 55.1 Å². The number of thiazole rings is 1. The zero-order valence-electron chi connectivity index (χ0n) is 16.1. The van der Waals surface area contributed by atoms with Gasteiger partial charge >= 0.3 is 6.01 Å². The molecular formula is C18H22N8O2S. The molecule has 1 amide bonds.